The van der Waals surface area contributed by atoms with Crippen molar-refractivity contribution in [2.75, 3.05) is 13.7 Å². The smallest absolute Gasteiger partial charge is 0.254 e. The fourth-order valence-electron chi connectivity index (χ4n) is 2.73. The largest absolute Gasteiger partial charge is 0.497 e. The van der Waals surface area contributed by atoms with Crippen LogP contribution in [0.3, 0.4) is 0 Å². The van der Waals surface area contributed by atoms with Crippen LogP contribution in [0.4, 0.5) is 4.39 Å². The molecule has 1 aliphatic rings. The molecule has 0 aromatic heterocycles. The van der Waals surface area contributed by atoms with Crippen LogP contribution in [0.2, 0.25) is 0 Å². The Hall–Kier alpha value is -1.33. The van der Waals surface area contributed by atoms with Crippen LogP contribution in [0, 0.1) is 11.7 Å². The molecule has 21 heavy (non-hydrogen) atoms. The van der Waals surface area contributed by atoms with Gasteiger partial charge in [0, 0.05) is 12.1 Å². The number of carbonyl (C=O) groups is 1. The average molecular weight is 317 g/mol. The van der Waals surface area contributed by atoms with Crippen molar-refractivity contribution in [1.29, 1.82) is 0 Å². The van der Waals surface area contributed by atoms with Gasteiger partial charge in [0.1, 0.15) is 11.6 Å². The lowest BCUT2D eigenvalue weighted by Gasteiger charge is -2.31. The first kappa shape index (κ1) is 17.7. The van der Waals surface area contributed by atoms with Crippen LogP contribution in [-0.4, -0.2) is 25.6 Å². The molecule has 2 atom stereocenters. The van der Waals surface area contributed by atoms with E-state index < -0.39 is 5.82 Å². The third-order valence-electron chi connectivity index (χ3n) is 3.95. The van der Waals surface area contributed by atoms with Crippen LogP contribution in [0.5, 0.6) is 5.75 Å². The number of nitrogens with one attached hydrogen (secondary N) is 1. The Kier molecular flexibility index (Phi) is 6.92. The molecule has 0 radical (unpaired) electrons. The van der Waals surface area contributed by atoms with E-state index in [0.717, 1.165) is 25.7 Å². The molecule has 2 unspecified atom stereocenters. The molecule has 1 aliphatic carbocycles. The zero-order valence-electron chi connectivity index (χ0n) is 12.1. The molecule has 118 valence electrons. The second-order valence-electron chi connectivity index (χ2n) is 5.21. The van der Waals surface area contributed by atoms with E-state index in [1.54, 1.807) is 6.07 Å². The van der Waals surface area contributed by atoms with Gasteiger partial charge < -0.3 is 15.8 Å². The summed E-state index contributed by atoms with van der Waals surface area (Å²) in [6, 6.07) is 4.29. The van der Waals surface area contributed by atoms with Crippen LogP contribution in [0.1, 0.15) is 36.0 Å². The Morgan fingerprint density at radius 1 is 1.43 bits per heavy atom. The summed E-state index contributed by atoms with van der Waals surface area (Å²) in [6.07, 6.45) is 4.15. The standard InChI is InChI=1S/C15H21FN2O2.ClH/c1-20-11-6-7-12(13(16)8-11)15(19)18-14-5-3-2-4-10(14)9-17;/h6-8,10,14H,2-5,9,17H2,1H3,(H,18,19);1H. The van der Waals surface area contributed by atoms with Gasteiger partial charge in [-0.1, -0.05) is 12.8 Å². The Balaban J connectivity index is 0.00000220. The summed E-state index contributed by atoms with van der Waals surface area (Å²) in [6.45, 7) is 0.552. The number of ether oxygens (including phenoxy) is 1. The van der Waals surface area contributed by atoms with Gasteiger partial charge in [0.15, 0.2) is 0 Å². The van der Waals surface area contributed by atoms with Crippen molar-refractivity contribution in [1.82, 2.24) is 5.32 Å². The first-order valence-electron chi connectivity index (χ1n) is 7.00. The lowest BCUT2D eigenvalue weighted by molar-refractivity contribution is 0.0904. The van der Waals surface area contributed by atoms with Crippen LogP contribution >= 0.6 is 12.4 Å². The van der Waals surface area contributed by atoms with Gasteiger partial charge in [-0.3, -0.25) is 4.79 Å². The summed E-state index contributed by atoms with van der Waals surface area (Å²) in [5.74, 6) is -0.261. The minimum Gasteiger partial charge on any atom is -0.497 e. The summed E-state index contributed by atoms with van der Waals surface area (Å²) in [7, 11) is 1.46. The quantitative estimate of drug-likeness (QED) is 0.897. The highest BCUT2D eigenvalue weighted by atomic mass is 35.5. The third-order valence-corrected chi connectivity index (χ3v) is 3.95. The van der Waals surface area contributed by atoms with Crippen molar-refractivity contribution in [2.45, 2.75) is 31.7 Å². The van der Waals surface area contributed by atoms with Crippen molar-refractivity contribution in [3.63, 3.8) is 0 Å². The summed E-state index contributed by atoms with van der Waals surface area (Å²) in [5, 5.41) is 2.91. The van der Waals surface area contributed by atoms with Gasteiger partial charge in [-0.2, -0.15) is 0 Å². The molecule has 2 rings (SSSR count). The number of benzene rings is 1. The number of nitrogens with two attached hydrogens (primary N) is 1. The number of hydrogen-bond acceptors (Lipinski definition) is 3. The average Bonchev–Trinajstić information content (AvgIpc) is 2.47. The third kappa shape index (κ3) is 4.32. The fraction of sp³-hybridized carbons (Fsp3) is 0.533. The highest BCUT2D eigenvalue weighted by Gasteiger charge is 2.26. The Bertz CT molecular complexity index is 485. The Morgan fingerprint density at radius 2 is 2.14 bits per heavy atom. The molecule has 1 amide bonds. The molecule has 0 bridgehead atoms. The summed E-state index contributed by atoms with van der Waals surface area (Å²) in [5.41, 5.74) is 5.78. The Morgan fingerprint density at radius 3 is 2.76 bits per heavy atom. The summed E-state index contributed by atoms with van der Waals surface area (Å²) >= 11 is 0. The van der Waals surface area contributed by atoms with Crippen molar-refractivity contribution in [2.24, 2.45) is 11.7 Å². The molecule has 0 saturated heterocycles. The van der Waals surface area contributed by atoms with Crippen molar-refractivity contribution in [3.05, 3.63) is 29.6 Å². The van der Waals surface area contributed by atoms with E-state index in [1.807, 2.05) is 0 Å². The van der Waals surface area contributed by atoms with Gasteiger partial charge in [-0.05, 0) is 37.4 Å². The van der Waals surface area contributed by atoms with E-state index in [9.17, 15) is 9.18 Å². The zero-order valence-corrected chi connectivity index (χ0v) is 12.9. The molecule has 1 aromatic rings. The lowest BCUT2D eigenvalue weighted by atomic mass is 9.84. The van der Waals surface area contributed by atoms with Crippen LogP contribution in [-0.2, 0) is 0 Å². The number of amides is 1. The van der Waals surface area contributed by atoms with E-state index >= 15 is 0 Å². The fourth-order valence-corrected chi connectivity index (χ4v) is 2.73. The molecule has 1 fully saturated rings. The van der Waals surface area contributed by atoms with Crippen molar-refractivity contribution in [3.8, 4) is 5.75 Å². The van der Waals surface area contributed by atoms with Gasteiger partial charge in [-0.15, -0.1) is 12.4 Å². The van der Waals surface area contributed by atoms with Crippen LogP contribution in [0.15, 0.2) is 18.2 Å². The molecule has 4 nitrogen and oxygen atoms in total. The van der Waals surface area contributed by atoms with Gasteiger partial charge in [0.05, 0.1) is 12.7 Å². The molecule has 6 heteroatoms. The number of methoxy groups -OCH3 is 1. The van der Waals surface area contributed by atoms with Crippen LogP contribution < -0.4 is 15.8 Å². The predicted molar refractivity (Wildman–Crippen MR) is 82.5 cm³/mol. The molecule has 0 heterocycles. The number of halogens is 2. The predicted octanol–water partition coefficient (Wildman–Crippen LogP) is 2.50. The summed E-state index contributed by atoms with van der Waals surface area (Å²) in [4.78, 5) is 12.2. The van der Waals surface area contributed by atoms with E-state index in [0.29, 0.717) is 12.3 Å². The number of rotatable bonds is 4. The molecule has 3 N–H and O–H groups in total. The minimum absolute atomic E-state index is 0. The maximum atomic E-state index is 13.9. The van der Waals surface area contributed by atoms with Gasteiger partial charge in [-0.25, -0.2) is 4.39 Å². The highest BCUT2D eigenvalue weighted by Crippen LogP contribution is 2.24. The zero-order chi connectivity index (χ0) is 14.5. The molecular weight excluding hydrogens is 295 g/mol. The first-order valence-corrected chi connectivity index (χ1v) is 7.00. The Labute approximate surface area is 130 Å². The minimum atomic E-state index is -0.568. The second kappa shape index (κ2) is 8.20. The topological polar surface area (TPSA) is 64.3 Å². The normalized spacial score (nSPS) is 21.3. The number of hydrogen-bond donors (Lipinski definition) is 2. The second-order valence-corrected chi connectivity index (χ2v) is 5.21. The van der Waals surface area contributed by atoms with E-state index in [1.165, 1.54) is 19.2 Å². The van der Waals surface area contributed by atoms with Gasteiger partial charge >= 0.3 is 0 Å². The van der Waals surface area contributed by atoms with Crippen molar-refractivity contribution < 1.29 is 13.9 Å². The van der Waals surface area contributed by atoms with E-state index in [2.05, 4.69) is 5.32 Å². The van der Waals surface area contributed by atoms with Gasteiger partial charge in [0.25, 0.3) is 5.91 Å². The van der Waals surface area contributed by atoms with Crippen molar-refractivity contribution >= 4 is 18.3 Å². The molecular formula is C15H22ClFN2O2. The van der Waals surface area contributed by atoms with Gasteiger partial charge in [0.2, 0.25) is 0 Å². The molecule has 1 aromatic carbocycles. The number of carbonyl (C=O) groups excluding carboxylic acids is 1. The highest BCUT2D eigenvalue weighted by molar-refractivity contribution is 5.94. The maximum Gasteiger partial charge on any atom is 0.254 e. The lowest BCUT2D eigenvalue weighted by Crippen LogP contribution is -2.44. The molecule has 0 aliphatic heterocycles. The maximum absolute atomic E-state index is 13.9. The molecule has 1 saturated carbocycles. The SMILES string of the molecule is COc1ccc(C(=O)NC2CCCCC2CN)c(F)c1.Cl. The monoisotopic (exact) mass is 316 g/mol. The van der Waals surface area contributed by atoms with Crippen LogP contribution in [0.25, 0.3) is 0 Å². The first-order chi connectivity index (χ1) is 9.65. The van der Waals surface area contributed by atoms with E-state index in [-0.39, 0.29) is 35.8 Å². The summed E-state index contributed by atoms with van der Waals surface area (Å²) < 4.78 is 18.8. The van der Waals surface area contributed by atoms with E-state index in [4.69, 9.17) is 10.5 Å². The molecule has 0 spiro atoms.